The molecule has 2 aliphatic heterocycles. The topological polar surface area (TPSA) is 114 Å². The van der Waals surface area contributed by atoms with Gasteiger partial charge in [0.25, 0.3) is 0 Å². The number of benzene rings is 1. The van der Waals surface area contributed by atoms with Gasteiger partial charge >= 0.3 is 6.03 Å². The number of hydrogen-bond donors (Lipinski definition) is 3. The van der Waals surface area contributed by atoms with E-state index in [2.05, 4.69) is 16.1 Å². The van der Waals surface area contributed by atoms with Crippen molar-refractivity contribution in [2.45, 2.75) is 66.2 Å². The van der Waals surface area contributed by atoms with Crippen LogP contribution in [0.15, 0.2) is 24.3 Å². The Balaban J connectivity index is 1.52. The molecule has 0 bridgehead atoms. The summed E-state index contributed by atoms with van der Waals surface area (Å²) in [6.07, 6.45) is 0.938. The number of nitrogens with one attached hydrogen (secondary N) is 3. The Morgan fingerprint density at radius 1 is 1.08 bits per heavy atom. The summed E-state index contributed by atoms with van der Waals surface area (Å²) in [6.45, 7) is 11.0. The quantitative estimate of drug-likeness (QED) is 0.495. The first kappa shape index (κ1) is 26.9. The van der Waals surface area contributed by atoms with Crippen LogP contribution in [0.2, 0.25) is 0 Å². The molecule has 5 amide bonds. The van der Waals surface area contributed by atoms with E-state index in [1.165, 1.54) is 5.01 Å². The van der Waals surface area contributed by atoms with Crippen LogP contribution in [0.25, 0.3) is 0 Å². The maximum atomic E-state index is 13.6. The highest BCUT2D eigenvalue weighted by atomic mass is 16.2. The van der Waals surface area contributed by atoms with Gasteiger partial charge in [0.2, 0.25) is 17.7 Å². The Morgan fingerprint density at radius 3 is 2.49 bits per heavy atom. The Bertz CT molecular complexity index is 1040. The summed E-state index contributed by atoms with van der Waals surface area (Å²) in [5.41, 5.74) is 4.75. The molecule has 4 unspecified atom stereocenters. The Labute approximate surface area is 219 Å². The van der Waals surface area contributed by atoms with Gasteiger partial charge in [-0.1, -0.05) is 45.9 Å². The van der Waals surface area contributed by atoms with Crippen molar-refractivity contribution < 1.29 is 19.2 Å². The summed E-state index contributed by atoms with van der Waals surface area (Å²) < 4.78 is 0. The number of anilines is 1. The van der Waals surface area contributed by atoms with Crippen molar-refractivity contribution in [3.05, 3.63) is 29.8 Å². The van der Waals surface area contributed by atoms with Gasteiger partial charge in [-0.2, -0.15) is 5.43 Å². The number of carbonyl (C=O) groups is 4. The smallest absolute Gasteiger partial charge is 0.337 e. The van der Waals surface area contributed by atoms with Gasteiger partial charge in [0.05, 0.1) is 5.92 Å². The predicted octanol–water partition coefficient (Wildman–Crippen LogP) is 2.51. The SMILES string of the molecule is Cc1ccccc1NC(=O)CN1NC2N(CC(C)C)C(=O)C3CCC(C(=O)NCC(C)C)CC3N2C1=O. The van der Waals surface area contributed by atoms with E-state index in [1.54, 1.807) is 9.80 Å². The lowest BCUT2D eigenvalue weighted by atomic mass is 9.75. The van der Waals surface area contributed by atoms with Crippen LogP contribution in [0.3, 0.4) is 0 Å². The Hall–Kier alpha value is -3.14. The summed E-state index contributed by atoms with van der Waals surface area (Å²) in [5.74, 6) is -0.401. The summed E-state index contributed by atoms with van der Waals surface area (Å²) in [7, 11) is 0. The standard InChI is InChI=1S/C27H40N6O4/c1-16(2)13-28-24(35)19-10-11-20-22(12-19)33-26(31(25(20)36)14-17(3)4)30-32(27(33)37)15-23(34)29-21-9-7-6-8-18(21)5/h6-9,16-17,19-20,22,26,30H,10-15H2,1-5H3,(H,28,35)(H,29,34). The van der Waals surface area contributed by atoms with Crippen molar-refractivity contribution >= 4 is 29.4 Å². The number of para-hydroxylation sites is 1. The molecule has 2 saturated heterocycles. The van der Waals surface area contributed by atoms with Crippen molar-refractivity contribution in [2.24, 2.45) is 23.7 Å². The number of aryl methyl sites for hydroxylation is 1. The number of rotatable bonds is 8. The van der Waals surface area contributed by atoms with E-state index in [1.807, 2.05) is 58.9 Å². The molecule has 37 heavy (non-hydrogen) atoms. The number of carbonyl (C=O) groups excluding carboxylic acids is 4. The van der Waals surface area contributed by atoms with Gasteiger partial charge in [-0.05, 0) is 49.7 Å². The van der Waals surface area contributed by atoms with Crippen molar-refractivity contribution in [1.82, 2.24) is 25.6 Å². The van der Waals surface area contributed by atoms with Crippen LogP contribution in [0, 0.1) is 30.6 Å². The second kappa shape index (κ2) is 11.1. The molecule has 10 heteroatoms. The van der Waals surface area contributed by atoms with Crippen LogP contribution in [-0.2, 0) is 14.4 Å². The van der Waals surface area contributed by atoms with Crippen LogP contribution in [0.5, 0.6) is 0 Å². The molecule has 2 heterocycles. The number of hydrazine groups is 1. The zero-order valence-electron chi connectivity index (χ0n) is 22.5. The second-order valence-corrected chi connectivity index (χ2v) is 11.3. The lowest BCUT2D eigenvalue weighted by molar-refractivity contribution is -0.159. The predicted molar refractivity (Wildman–Crippen MR) is 140 cm³/mol. The van der Waals surface area contributed by atoms with Crippen molar-refractivity contribution in [1.29, 1.82) is 0 Å². The molecule has 3 aliphatic rings. The van der Waals surface area contributed by atoms with Crippen LogP contribution >= 0.6 is 0 Å². The summed E-state index contributed by atoms with van der Waals surface area (Å²) >= 11 is 0. The van der Waals surface area contributed by atoms with E-state index in [4.69, 9.17) is 0 Å². The van der Waals surface area contributed by atoms with Crippen LogP contribution in [0.4, 0.5) is 10.5 Å². The van der Waals surface area contributed by atoms with E-state index in [0.29, 0.717) is 44.0 Å². The molecule has 4 rings (SSSR count). The third-order valence-electron chi connectivity index (χ3n) is 7.39. The molecular formula is C27H40N6O4. The molecule has 0 spiro atoms. The lowest BCUT2D eigenvalue weighted by Crippen LogP contribution is -2.67. The second-order valence-electron chi connectivity index (χ2n) is 11.3. The van der Waals surface area contributed by atoms with Gasteiger partial charge in [0.1, 0.15) is 6.54 Å². The molecule has 3 fully saturated rings. The van der Waals surface area contributed by atoms with Crippen LogP contribution in [-0.4, -0.2) is 70.5 Å². The van der Waals surface area contributed by atoms with Gasteiger partial charge < -0.3 is 15.5 Å². The monoisotopic (exact) mass is 512 g/mol. The number of nitrogens with zero attached hydrogens (tertiary/aromatic N) is 3. The number of amides is 5. The summed E-state index contributed by atoms with van der Waals surface area (Å²) in [5, 5.41) is 7.17. The fourth-order valence-corrected chi connectivity index (χ4v) is 5.55. The molecule has 4 atom stereocenters. The normalized spacial score (nSPS) is 25.4. The van der Waals surface area contributed by atoms with Crippen LogP contribution in [0.1, 0.15) is 52.5 Å². The minimum atomic E-state index is -0.674. The van der Waals surface area contributed by atoms with Gasteiger partial charge in [-0.3, -0.25) is 19.3 Å². The number of urea groups is 1. The van der Waals surface area contributed by atoms with Crippen molar-refractivity contribution in [3.63, 3.8) is 0 Å². The third-order valence-corrected chi connectivity index (χ3v) is 7.39. The average Bonchev–Trinajstić information content (AvgIpc) is 3.16. The van der Waals surface area contributed by atoms with Gasteiger partial charge in [-0.15, -0.1) is 0 Å². The molecule has 10 nitrogen and oxygen atoms in total. The highest BCUT2D eigenvalue weighted by Crippen LogP contribution is 2.40. The van der Waals surface area contributed by atoms with E-state index in [9.17, 15) is 19.2 Å². The van der Waals surface area contributed by atoms with Gasteiger partial charge in [-0.25, -0.2) is 9.80 Å². The fourth-order valence-electron chi connectivity index (χ4n) is 5.55. The van der Waals surface area contributed by atoms with Crippen molar-refractivity contribution in [2.75, 3.05) is 25.0 Å². The maximum absolute atomic E-state index is 13.6. The zero-order valence-corrected chi connectivity index (χ0v) is 22.5. The van der Waals surface area contributed by atoms with E-state index < -0.39 is 12.3 Å². The molecule has 3 N–H and O–H groups in total. The summed E-state index contributed by atoms with van der Waals surface area (Å²) in [4.78, 5) is 56.4. The Kier molecular flexibility index (Phi) is 8.06. The number of hydrogen-bond acceptors (Lipinski definition) is 5. The minimum Gasteiger partial charge on any atom is -0.356 e. The van der Waals surface area contributed by atoms with Gasteiger partial charge in [0.15, 0.2) is 6.29 Å². The third kappa shape index (κ3) is 5.74. The molecule has 0 aromatic heterocycles. The summed E-state index contributed by atoms with van der Waals surface area (Å²) in [6, 6.07) is 6.72. The molecule has 1 aliphatic carbocycles. The van der Waals surface area contributed by atoms with Gasteiger partial charge in [0, 0.05) is 30.7 Å². The number of fused-ring (bicyclic) bond motifs is 3. The van der Waals surface area contributed by atoms with Crippen LogP contribution < -0.4 is 16.1 Å². The Morgan fingerprint density at radius 2 is 1.81 bits per heavy atom. The molecule has 1 aromatic rings. The first-order chi connectivity index (χ1) is 17.6. The highest BCUT2D eigenvalue weighted by Gasteiger charge is 2.56. The maximum Gasteiger partial charge on any atom is 0.337 e. The van der Waals surface area contributed by atoms with E-state index >= 15 is 0 Å². The lowest BCUT2D eigenvalue weighted by Gasteiger charge is -2.50. The van der Waals surface area contributed by atoms with Crippen molar-refractivity contribution in [3.8, 4) is 0 Å². The molecule has 0 radical (unpaired) electrons. The molecule has 202 valence electrons. The van der Waals surface area contributed by atoms with E-state index in [-0.39, 0.29) is 48.1 Å². The first-order valence-corrected chi connectivity index (χ1v) is 13.4. The minimum absolute atomic E-state index is 0.00694. The van der Waals surface area contributed by atoms with E-state index in [0.717, 1.165) is 5.56 Å². The molecule has 1 aromatic carbocycles. The molecule has 1 saturated carbocycles. The first-order valence-electron chi connectivity index (χ1n) is 13.4. The zero-order chi connectivity index (χ0) is 26.9. The average molecular weight is 513 g/mol. The largest absolute Gasteiger partial charge is 0.356 e. The molecular weight excluding hydrogens is 472 g/mol. The highest BCUT2D eigenvalue weighted by molar-refractivity contribution is 5.95. The fraction of sp³-hybridized carbons (Fsp3) is 0.630.